The van der Waals surface area contributed by atoms with Gasteiger partial charge in [0.05, 0.1) is 28.9 Å². The number of carbonyl (C=O) groups is 2. The molecular weight excluding hydrogens is 458 g/mol. The molecule has 0 saturated carbocycles. The number of esters is 1. The van der Waals surface area contributed by atoms with E-state index in [1.165, 1.54) is 16.4 Å². The fourth-order valence-electron chi connectivity index (χ4n) is 3.63. The van der Waals surface area contributed by atoms with Crippen molar-refractivity contribution in [3.8, 4) is 5.75 Å². The molecule has 188 valence electrons. The lowest BCUT2D eigenvalue weighted by atomic mass is 10.2. The first-order chi connectivity index (χ1) is 16.0. The van der Waals surface area contributed by atoms with E-state index in [9.17, 15) is 18.0 Å². The fourth-order valence-corrected chi connectivity index (χ4v) is 5.11. The van der Waals surface area contributed by atoms with E-state index in [-0.39, 0.29) is 35.7 Å². The molecule has 0 saturated heterocycles. The quantitative estimate of drug-likeness (QED) is 0.478. The Bertz CT molecular complexity index is 1130. The van der Waals surface area contributed by atoms with Gasteiger partial charge in [0.1, 0.15) is 12.3 Å². The second-order valence-corrected chi connectivity index (χ2v) is 9.99. The van der Waals surface area contributed by atoms with E-state index in [4.69, 9.17) is 9.47 Å². The first-order valence-electron chi connectivity index (χ1n) is 11.4. The number of rotatable bonds is 11. The molecule has 0 atom stereocenters. The van der Waals surface area contributed by atoms with E-state index in [1.54, 1.807) is 51.3 Å². The summed E-state index contributed by atoms with van der Waals surface area (Å²) in [5.41, 5.74) is 2.01. The summed E-state index contributed by atoms with van der Waals surface area (Å²) >= 11 is 0. The van der Waals surface area contributed by atoms with Crippen molar-refractivity contribution >= 4 is 27.6 Å². The molecule has 9 nitrogen and oxygen atoms in total. The molecule has 0 aliphatic carbocycles. The topological polar surface area (TPSA) is 107 Å². The summed E-state index contributed by atoms with van der Waals surface area (Å²) in [5.74, 6) is -0.456. The van der Waals surface area contributed by atoms with Crippen LogP contribution in [0.1, 0.15) is 56.4 Å². The highest BCUT2D eigenvalue weighted by atomic mass is 32.2. The smallest absolute Gasteiger partial charge is 0.339 e. The van der Waals surface area contributed by atoms with Crippen LogP contribution in [-0.2, 0) is 26.1 Å². The summed E-state index contributed by atoms with van der Waals surface area (Å²) in [7, 11) is -3.72. The summed E-state index contributed by atoms with van der Waals surface area (Å²) < 4.78 is 39.9. The van der Waals surface area contributed by atoms with Gasteiger partial charge >= 0.3 is 5.97 Å². The van der Waals surface area contributed by atoms with Crippen molar-refractivity contribution in [2.75, 3.05) is 25.0 Å². The first kappa shape index (κ1) is 27.4. The maximum Gasteiger partial charge on any atom is 0.339 e. The number of sulfonamides is 1. The highest BCUT2D eigenvalue weighted by Gasteiger charge is 2.24. The molecule has 10 heteroatoms. The summed E-state index contributed by atoms with van der Waals surface area (Å²) in [6.45, 7) is 13.4. The van der Waals surface area contributed by atoms with Gasteiger partial charge in [0.2, 0.25) is 15.9 Å². The highest BCUT2D eigenvalue weighted by Crippen LogP contribution is 2.30. The van der Waals surface area contributed by atoms with E-state index in [0.29, 0.717) is 30.1 Å². The van der Waals surface area contributed by atoms with E-state index >= 15 is 0 Å². The number of aryl methyl sites for hydroxylation is 1. The molecule has 1 heterocycles. The third-order valence-electron chi connectivity index (χ3n) is 5.30. The Balaban J connectivity index is 2.38. The number of hydrogen-bond donors (Lipinski definition) is 1. The molecule has 0 unspecified atom stereocenters. The average molecular weight is 494 g/mol. The van der Waals surface area contributed by atoms with Crippen molar-refractivity contribution in [1.82, 2.24) is 8.87 Å². The lowest BCUT2D eigenvalue weighted by Crippen LogP contribution is -2.30. The number of ether oxygens (including phenoxy) is 2. The molecule has 2 rings (SSSR count). The van der Waals surface area contributed by atoms with Crippen LogP contribution in [0.4, 0.5) is 5.69 Å². The Morgan fingerprint density at radius 1 is 1.09 bits per heavy atom. The minimum absolute atomic E-state index is 0.0643. The Kier molecular flexibility index (Phi) is 9.29. The minimum atomic E-state index is -3.72. The van der Waals surface area contributed by atoms with Gasteiger partial charge in [-0.05, 0) is 58.9 Å². The van der Waals surface area contributed by atoms with Crippen LogP contribution in [0, 0.1) is 13.8 Å². The predicted molar refractivity (Wildman–Crippen MR) is 131 cm³/mol. The lowest BCUT2D eigenvalue weighted by Gasteiger charge is -2.21. The van der Waals surface area contributed by atoms with Gasteiger partial charge in [-0.3, -0.25) is 4.79 Å². The minimum Gasteiger partial charge on any atom is -0.489 e. The van der Waals surface area contributed by atoms with E-state index < -0.39 is 16.0 Å². The highest BCUT2D eigenvalue weighted by molar-refractivity contribution is 7.89. The maximum atomic E-state index is 13.0. The summed E-state index contributed by atoms with van der Waals surface area (Å²) in [6, 6.07) is 6.14. The lowest BCUT2D eigenvalue weighted by molar-refractivity contribution is -0.116. The van der Waals surface area contributed by atoms with Gasteiger partial charge in [0.15, 0.2) is 0 Å². The molecule has 0 fully saturated rings. The van der Waals surface area contributed by atoms with Crippen LogP contribution in [0.2, 0.25) is 0 Å². The Morgan fingerprint density at radius 2 is 1.74 bits per heavy atom. The van der Waals surface area contributed by atoms with Crippen LogP contribution in [-0.4, -0.2) is 55.0 Å². The summed E-state index contributed by atoms with van der Waals surface area (Å²) in [4.78, 5) is 25.2. The molecule has 0 radical (unpaired) electrons. The van der Waals surface area contributed by atoms with Crippen LogP contribution in [0.25, 0.3) is 0 Å². The molecular formula is C24H35N3O6S. The van der Waals surface area contributed by atoms with Crippen molar-refractivity contribution in [3.63, 3.8) is 0 Å². The van der Waals surface area contributed by atoms with Crippen molar-refractivity contribution in [1.29, 1.82) is 0 Å². The number of hydrogen-bond acceptors (Lipinski definition) is 6. The zero-order valence-electron chi connectivity index (χ0n) is 21.0. The first-order valence-corrected chi connectivity index (χ1v) is 12.8. The SMILES string of the molecule is CCOC(=O)c1cc(C)n(CC(=O)Nc2cc(S(=O)(=O)N(CC)CC)ccc2OC(C)C)c1C. The van der Waals surface area contributed by atoms with Crippen LogP contribution in [0.15, 0.2) is 29.2 Å². The number of benzene rings is 1. The van der Waals surface area contributed by atoms with E-state index in [1.807, 2.05) is 13.8 Å². The third-order valence-corrected chi connectivity index (χ3v) is 7.35. The predicted octanol–water partition coefficient (Wildman–Crippen LogP) is 3.74. The number of nitrogens with one attached hydrogen (secondary N) is 1. The summed E-state index contributed by atoms with van der Waals surface area (Å²) in [5, 5.41) is 2.79. The largest absolute Gasteiger partial charge is 0.489 e. The van der Waals surface area contributed by atoms with Crippen LogP contribution < -0.4 is 10.1 Å². The molecule has 1 aromatic carbocycles. The van der Waals surface area contributed by atoms with Crippen LogP contribution >= 0.6 is 0 Å². The molecule has 2 aromatic rings. The molecule has 34 heavy (non-hydrogen) atoms. The molecule has 0 aliphatic heterocycles. The average Bonchev–Trinajstić information content (AvgIpc) is 3.03. The Morgan fingerprint density at radius 3 is 2.29 bits per heavy atom. The van der Waals surface area contributed by atoms with Gasteiger partial charge in [0, 0.05) is 24.5 Å². The Labute approximate surface area is 202 Å². The van der Waals surface area contributed by atoms with Crippen molar-refractivity contribution in [3.05, 3.63) is 41.2 Å². The summed E-state index contributed by atoms with van der Waals surface area (Å²) in [6.07, 6.45) is -0.179. The maximum absolute atomic E-state index is 13.0. The zero-order valence-corrected chi connectivity index (χ0v) is 21.8. The zero-order chi connectivity index (χ0) is 25.6. The van der Waals surface area contributed by atoms with Gasteiger partial charge in [-0.2, -0.15) is 4.31 Å². The van der Waals surface area contributed by atoms with Gasteiger partial charge in [-0.25, -0.2) is 13.2 Å². The van der Waals surface area contributed by atoms with Gasteiger partial charge < -0.3 is 19.4 Å². The molecule has 1 aromatic heterocycles. The normalized spacial score (nSPS) is 11.7. The molecule has 0 bridgehead atoms. The molecule has 1 amide bonds. The second kappa shape index (κ2) is 11.5. The number of anilines is 1. The molecule has 1 N–H and O–H groups in total. The number of carbonyl (C=O) groups excluding carboxylic acids is 2. The molecule has 0 spiro atoms. The number of aromatic nitrogens is 1. The van der Waals surface area contributed by atoms with Gasteiger partial charge in [-0.1, -0.05) is 13.8 Å². The van der Waals surface area contributed by atoms with Crippen LogP contribution in [0.3, 0.4) is 0 Å². The van der Waals surface area contributed by atoms with Crippen LogP contribution in [0.5, 0.6) is 5.75 Å². The third kappa shape index (κ3) is 6.18. The fraction of sp³-hybridized carbons (Fsp3) is 0.500. The van der Waals surface area contributed by atoms with E-state index in [0.717, 1.165) is 5.69 Å². The standard InChI is InChI=1S/C24H35N3O6S/c1-8-26(9-2)34(30,31)19-11-12-22(33-16(4)5)21(14-19)25-23(28)15-27-17(6)13-20(18(27)7)24(29)32-10-3/h11-14,16H,8-10,15H2,1-7H3,(H,25,28). The molecule has 0 aliphatic rings. The second-order valence-electron chi connectivity index (χ2n) is 8.05. The van der Waals surface area contributed by atoms with Crippen molar-refractivity contribution in [2.45, 2.75) is 66.0 Å². The van der Waals surface area contributed by atoms with Gasteiger partial charge in [-0.15, -0.1) is 0 Å². The van der Waals surface area contributed by atoms with Gasteiger partial charge in [0.25, 0.3) is 0 Å². The monoisotopic (exact) mass is 493 g/mol. The number of nitrogens with zero attached hydrogens (tertiary/aromatic N) is 2. The van der Waals surface area contributed by atoms with E-state index in [2.05, 4.69) is 5.32 Å². The number of amides is 1. The Hall–Kier alpha value is -2.85. The van der Waals surface area contributed by atoms with Crippen molar-refractivity contribution in [2.24, 2.45) is 0 Å². The van der Waals surface area contributed by atoms with Crippen molar-refractivity contribution < 1.29 is 27.5 Å².